The highest BCUT2D eigenvalue weighted by Crippen LogP contribution is 2.35. The first kappa shape index (κ1) is 21.1. The van der Waals surface area contributed by atoms with Crippen LogP contribution in [0.2, 0.25) is 0 Å². The predicted molar refractivity (Wildman–Crippen MR) is 106 cm³/mol. The zero-order valence-corrected chi connectivity index (χ0v) is 16.9. The lowest BCUT2D eigenvalue weighted by Gasteiger charge is -2.22. The van der Waals surface area contributed by atoms with Gasteiger partial charge in [-0.3, -0.25) is 9.59 Å². The molecule has 2 amide bonds. The summed E-state index contributed by atoms with van der Waals surface area (Å²) in [6.45, 7) is 3.15. The first-order chi connectivity index (χ1) is 13.5. The molecule has 29 heavy (non-hydrogen) atoms. The van der Waals surface area contributed by atoms with Gasteiger partial charge in [0.1, 0.15) is 18.8 Å². The van der Waals surface area contributed by atoms with Gasteiger partial charge < -0.3 is 19.9 Å². The Kier molecular flexibility index (Phi) is 5.61. The number of rotatable bonds is 5. The van der Waals surface area contributed by atoms with Crippen molar-refractivity contribution in [2.24, 2.45) is 0 Å². The van der Waals surface area contributed by atoms with E-state index in [2.05, 4.69) is 5.32 Å². The molecule has 2 aromatic rings. The van der Waals surface area contributed by atoms with E-state index >= 15 is 0 Å². The minimum absolute atomic E-state index is 0.118. The zero-order valence-electron chi connectivity index (χ0n) is 16.0. The SMILES string of the molecule is CP(C)(=O)c1ccc(N2CC[C@](O)(C(=O)NCc3cc(F)cc(F)c3)C2=O)cc1. The molecule has 1 heterocycles. The van der Waals surface area contributed by atoms with E-state index in [1.807, 2.05) is 0 Å². The Morgan fingerprint density at radius 3 is 2.31 bits per heavy atom. The molecular weight excluding hydrogens is 401 g/mol. The maximum atomic E-state index is 13.3. The average Bonchev–Trinajstić information content (AvgIpc) is 2.94. The number of amides is 2. The van der Waals surface area contributed by atoms with Crippen LogP contribution in [0.1, 0.15) is 12.0 Å². The molecule has 0 spiro atoms. The van der Waals surface area contributed by atoms with Crippen LogP contribution < -0.4 is 15.5 Å². The third-order valence-corrected chi connectivity index (χ3v) is 6.37. The molecule has 1 saturated heterocycles. The molecule has 1 fully saturated rings. The fourth-order valence-electron chi connectivity index (χ4n) is 3.20. The number of aliphatic hydroxyl groups is 1. The second kappa shape index (κ2) is 7.69. The molecule has 3 rings (SSSR count). The van der Waals surface area contributed by atoms with Gasteiger partial charge in [-0.1, -0.05) is 0 Å². The van der Waals surface area contributed by atoms with E-state index in [4.69, 9.17) is 0 Å². The number of halogens is 2. The Bertz CT molecular complexity index is 986. The van der Waals surface area contributed by atoms with Gasteiger partial charge in [-0.05, 0) is 55.3 Å². The summed E-state index contributed by atoms with van der Waals surface area (Å²) in [6.07, 6.45) is -0.128. The molecule has 0 aliphatic carbocycles. The molecular formula is C20H21F2N2O4P. The van der Waals surface area contributed by atoms with Gasteiger partial charge in [0.15, 0.2) is 0 Å². The number of nitrogens with one attached hydrogen (secondary N) is 1. The Balaban J connectivity index is 1.71. The van der Waals surface area contributed by atoms with Crippen LogP contribution in [0.15, 0.2) is 42.5 Å². The van der Waals surface area contributed by atoms with E-state index in [0.717, 1.165) is 12.1 Å². The molecule has 0 unspecified atom stereocenters. The third-order valence-electron chi connectivity index (χ3n) is 4.83. The molecule has 154 valence electrons. The number of carbonyl (C=O) groups excluding carboxylic acids is 2. The summed E-state index contributed by atoms with van der Waals surface area (Å²) >= 11 is 0. The molecule has 2 N–H and O–H groups in total. The lowest BCUT2D eigenvalue weighted by molar-refractivity contribution is -0.149. The Labute approximate surface area is 166 Å². The number of carbonyl (C=O) groups is 2. The smallest absolute Gasteiger partial charge is 0.268 e. The fraction of sp³-hybridized carbons (Fsp3) is 0.300. The Morgan fingerprint density at radius 1 is 1.17 bits per heavy atom. The minimum Gasteiger partial charge on any atom is -0.372 e. The molecule has 9 heteroatoms. The summed E-state index contributed by atoms with van der Waals surface area (Å²) in [5, 5.41) is 13.7. The largest absolute Gasteiger partial charge is 0.372 e. The van der Waals surface area contributed by atoms with E-state index < -0.39 is 36.2 Å². The summed E-state index contributed by atoms with van der Waals surface area (Å²) in [7, 11) is -2.44. The van der Waals surface area contributed by atoms with Crippen molar-refractivity contribution in [3.8, 4) is 0 Å². The van der Waals surface area contributed by atoms with Gasteiger partial charge >= 0.3 is 0 Å². The van der Waals surface area contributed by atoms with Crippen molar-refractivity contribution in [1.29, 1.82) is 0 Å². The lowest BCUT2D eigenvalue weighted by atomic mass is 10.0. The average molecular weight is 422 g/mol. The molecule has 1 aliphatic heterocycles. The first-order valence-corrected chi connectivity index (χ1v) is 11.5. The standard InChI is InChI=1S/C20H21F2N2O4P/c1-29(2,28)17-5-3-16(4-6-17)24-8-7-20(27,19(24)26)18(25)23-12-13-9-14(21)11-15(22)10-13/h3-6,9-11,27H,7-8,12H2,1-2H3,(H,23,25)/t20-/m0/s1. The van der Waals surface area contributed by atoms with E-state index in [1.165, 1.54) is 4.90 Å². The van der Waals surface area contributed by atoms with Crippen molar-refractivity contribution < 1.29 is 28.0 Å². The van der Waals surface area contributed by atoms with Crippen LogP contribution in [0.4, 0.5) is 14.5 Å². The van der Waals surface area contributed by atoms with Crippen LogP contribution in [0.5, 0.6) is 0 Å². The van der Waals surface area contributed by atoms with Crippen molar-refractivity contribution >= 4 is 29.9 Å². The number of hydrogen-bond acceptors (Lipinski definition) is 4. The maximum Gasteiger partial charge on any atom is 0.268 e. The molecule has 0 radical (unpaired) electrons. The van der Waals surface area contributed by atoms with Gasteiger partial charge in [-0.25, -0.2) is 8.78 Å². The molecule has 0 saturated carbocycles. The summed E-state index contributed by atoms with van der Waals surface area (Å²) in [6, 6.07) is 9.35. The fourth-order valence-corrected chi connectivity index (χ4v) is 4.06. The van der Waals surface area contributed by atoms with E-state index in [0.29, 0.717) is 17.1 Å². The second-order valence-corrected chi connectivity index (χ2v) is 10.6. The lowest BCUT2D eigenvalue weighted by Crippen LogP contribution is -2.52. The molecule has 1 aliphatic rings. The van der Waals surface area contributed by atoms with Crippen LogP contribution in [0.3, 0.4) is 0 Å². The number of hydrogen-bond donors (Lipinski definition) is 2. The van der Waals surface area contributed by atoms with Crippen LogP contribution >= 0.6 is 7.14 Å². The van der Waals surface area contributed by atoms with Crippen LogP contribution in [0, 0.1) is 11.6 Å². The highest BCUT2D eigenvalue weighted by Gasteiger charge is 2.51. The molecule has 0 aromatic heterocycles. The van der Waals surface area contributed by atoms with Crippen LogP contribution in [0.25, 0.3) is 0 Å². The monoisotopic (exact) mass is 422 g/mol. The maximum absolute atomic E-state index is 13.3. The molecule has 2 aromatic carbocycles. The third kappa shape index (κ3) is 4.38. The highest BCUT2D eigenvalue weighted by atomic mass is 31.2. The van der Waals surface area contributed by atoms with Crippen LogP contribution in [-0.2, 0) is 20.7 Å². The Morgan fingerprint density at radius 2 is 1.76 bits per heavy atom. The van der Waals surface area contributed by atoms with Gasteiger partial charge in [0.2, 0.25) is 5.60 Å². The number of benzene rings is 2. The van der Waals surface area contributed by atoms with Gasteiger partial charge in [0.25, 0.3) is 11.8 Å². The summed E-state index contributed by atoms with van der Waals surface area (Å²) < 4.78 is 38.6. The molecule has 0 bridgehead atoms. The van der Waals surface area contributed by atoms with Crippen molar-refractivity contribution in [2.75, 3.05) is 24.8 Å². The van der Waals surface area contributed by atoms with Crippen molar-refractivity contribution in [3.05, 3.63) is 59.7 Å². The Hall–Kier alpha value is -2.57. The number of anilines is 1. The van der Waals surface area contributed by atoms with Gasteiger partial charge in [-0.15, -0.1) is 0 Å². The van der Waals surface area contributed by atoms with E-state index in [1.54, 1.807) is 37.6 Å². The molecule has 1 atom stereocenters. The van der Waals surface area contributed by atoms with Gasteiger partial charge in [0.05, 0.1) is 0 Å². The first-order valence-electron chi connectivity index (χ1n) is 8.94. The van der Waals surface area contributed by atoms with Crippen LogP contribution in [-0.4, -0.2) is 42.4 Å². The predicted octanol–water partition coefficient (Wildman–Crippen LogP) is 2.00. The highest BCUT2D eigenvalue weighted by molar-refractivity contribution is 7.70. The quantitative estimate of drug-likeness (QED) is 0.570. The summed E-state index contributed by atoms with van der Waals surface area (Å²) in [5.74, 6) is -3.30. The van der Waals surface area contributed by atoms with Crippen molar-refractivity contribution in [1.82, 2.24) is 5.32 Å². The minimum atomic E-state index is -2.44. The van der Waals surface area contributed by atoms with Crippen molar-refractivity contribution in [2.45, 2.75) is 18.6 Å². The zero-order chi connectivity index (χ0) is 21.4. The van der Waals surface area contributed by atoms with Gasteiger partial charge in [0, 0.05) is 36.6 Å². The van der Waals surface area contributed by atoms with Crippen molar-refractivity contribution in [3.63, 3.8) is 0 Å². The van der Waals surface area contributed by atoms with E-state index in [9.17, 15) is 28.0 Å². The normalized spacial score (nSPS) is 19.5. The number of nitrogens with zero attached hydrogens (tertiary/aromatic N) is 1. The van der Waals surface area contributed by atoms with Gasteiger partial charge in [-0.2, -0.15) is 0 Å². The summed E-state index contributed by atoms with van der Waals surface area (Å²) in [4.78, 5) is 26.4. The second-order valence-electron chi connectivity index (χ2n) is 7.39. The summed E-state index contributed by atoms with van der Waals surface area (Å²) in [5.41, 5.74) is -1.63. The van der Waals surface area contributed by atoms with E-state index in [-0.39, 0.29) is 25.1 Å². The topological polar surface area (TPSA) is 86.7 Å². The molecule has 6 nitrogen and oxygen atoms in total.